The molecule has 0 aliphatic carbocycles. The predicted octanol–water partition coefficient (Wildman–Crippen LogP) is 4.31. The van der Waals surface area contributed by atoms with Gasteiger partial charge >= 0.3 is 0 Å². The lowest BCUT2D eigenvalue weighted by molar-refractivity contribution is 0.462. The van der Waals surface area contributed by atoms with E-state index in [0.29, 0.717) is 6.04 Å². The van der Waals surface area contributed by atoms with E-state index < -0.39 is 0 Å². The zero-order valence-electron chi connectivity index (χ0n) is 13.2. The first kappa shape index (κ1) is 15.1. The van der Waals surface area contributed by atoms with E-state index in [9.17, 15) is 0 Å². The van der Waals surface area contributed by atoms with Crippen molar-refractivity contribution < 1.29 is 0 Å². The number of aromatic nitrogens is 1. The van der Waals surface area contributed by atoms with Crippen molar-refractivity contribution in [1.29, 1.82) is 0 Å². The Morgan fingerprint density at radius 2 is 1.95 bits per heavy atom. The Kier molecular flexibility index (Phi) is 5.69. The van der Waals surface area contributed by atoms with Gasteiger partial charge in [-0.1, -0.05) is 27.2 Å². The monoisotopic (exact) mass is 275 g/mol. The van der Waals surface area contributed by atoms with Crippen molar-refractivity contribution in [1.82, 2.24) is 4.98 Å². The first-order chi connectivity index (χ1) is 9.72. The van der Waals surface area contributed by atoms with Gasteiger partial charge in [0.2, 0.25) is 0 Å². The van der Waals surface area contributed by atoms with E-state index in [-0.39, 0.29) is 0 Å². The van der Waals surface area contributed by atoms with E-state index in [2.05, 4.69) is 48.1 Å². The van der Waals surface area contributed by atoms with Gasteiger partial charge in [0.15, 0.2) is 0 Å². The van der Waals surface area contributed by atoms with Gasteiger partial charge in [0.05, 0.1) is 11.9 Å². The molecule has 0 spiro atoms. The van der Waals surface area contributed by atoms with Crippen molar-refractivity contribution in [3.8, 4) is 0 Å². The van der Waals surface area contributed by atoms with Crippen LogP contribution in [0.15, 0.2) is 18.3 Å². The highest BCUT2D eigenvalue weighted by atomic mass is 15.2. The maximum Gasteiger partial charge on any atom is 0.128 e. The lowest BCUT2D eigenvalue weighted by Crippen LogP contribution is -2.22. The first-order valence-corrected chi connectivity index (χ1v) is 8.20. The van der Waals surface area contributed by atoms with Crippen molar-refractivity contribution in [2.75, 3.05) is 23.3 Å². The molecule has 1 aliphatic heterocycles. The van der Waals surface area contributed by atoms with Crippen molar-refractivity contribution >= 4 is 11.5 Å². The second-order valence-corrected chi connectivity index (χ2v) is 6.10. The molecule has 1 N–H and O–H groups in total. The van der Waals surface area contributed by atoms with E-state index in [1.807, 2.05) is 6.20 Å². The molecule has 0 radical (unpaired) electrons. The third-order valence-electron chi connectivity index (χ3n) is 4.43. The van der Waals surface area contributed by atoms with Crippen LogP contribution in [-0.4, -0.2) is 24.1 Å². The molecule has 0 bridgehead atoms. The zero-order valence-corrected chi connectivity index (χ0v) is 13.2. The number of rotatable bonds is 7. The van der Waals surface area contributed by atoms with Gasteiger partial charge in [-0.25, -0.2) is 4.98 Å². The smallest absolute Gasteiger partial charge is 0.128 e. The largest absolute Gasteiger partial charge is 0.381 e. The molecule has 2 atom stereocenters. The summed E-state index contributed by atoms with van der Waals surface area (Å²) in [4.78, 5) is 6.99. The summed E-state index contributed by atoms with van der Waals surface area (Å²) in [6, 6.07) is 4.90. The van der Waals surface area contributed by atoms with Crippen molar-refractivity contribution in [2.45, 2.75) is 58.9 Å². The molecule has 1 fully saturated rings. The third kappa shape index (κ3) is 4.12. The SMILES string of the molecule is CCC(C)CC(CC)Nc1ccc(N2CCCC2)nc1. The Hall–Kier alpha value is -1.25. The zero-order chi connectivity index (χ0) is 14.4. The third-order valence-corrected chi connectivity index (χ3v) is 4.43. The summed E-state index contributed by atoms with van der Waals surface area (Å²) in [5.74, 6) is 1.91. The fraction of sp³-hybridized carbons (Fsp3) is 0.706. The second-order valence-electron chi connectivity index (χ2n) is 6.10. The van der Waals surface area contributed by atoms with Crippen LogP contribution in [0.3, 0.4) is 0 Å². The van der Waals surface area contributed by atoms with Crippen LogP contribution in [0.2, 0.25) is 0 Å². The van der Waals surface area contributed by atoms with Crippen LogP contribution in [0.4, 0.5) is 11.5 Å². The second kappa shape index (κ2) is 7.51. The summed E-state index contributed by atoms with van der Waals surface area (Å²) < 4.78 is 0. The van der Waals surface area contributed by atoms with Crippen LogP contribution in [0.5, 0.6) is 0 Å². The quantitative estimate of drug-likeness (QED) is 0.803. The summed E-state index contributed by atoms with van der Waals surface area (Å²) in [6.45, 7) is 9.17. The molecular weight excluding hydrogens is 246 g/mol. The number of hydrogen-bond donors (Lipinski definition) is 1. The molecule has 112 valence electrons. The highest BCUT2D eigenvalue weighted by Crippen LogP contribution is 2.21. The average molecular weight is 275 g/mol. The molecule has 20 heavy (non-hydrogen) atoms. The Balaban J connectivity index is 1.91. The van der Waals surface area contributed by atoms with E-state index in [1.165, 1.54) is 25.7 Å². The molecule has 1 aromatic rings. The lowest BCUT2D eigenvalue weighted by atomic mass is 9.98. The molecule has 0 amide bonds. The summed E-state index contributed by atoms with van der Waals surface area (Å²) in [6.07, 6.45) is 8.25. The number of nitrogens with one attached hydrogen (secondary N) is 1. The number of pyridine rings is 1. The normalized spacial score (nSPS) is 18.1. The predicted molar refractivity (Wildman–Crippen MR) is 87.5 cm³/mol. The molecule has 0 aromatic carbocycles. The van der Waals surface area contributed by atoms with Gasteiger partial charge in [0, 0.05) is 19.1 Å². The van der Waals surface area contributed by atoms with Crippen LogP contribution in [0.1, 0.15) is 52.9 Å². The number of anilines is 2. The van der Waals surface area contributed by atoms with Gasteiger partial charge in [-0.3, -0.25) is 0 Å². The Labute approximate surface area is 123 Å². The van der Waals surface area contributed by atoms with E-state index >= 15 is 0 Å². The molecular formula is C17H29N3. The molecule has 3 nitrogen and oxygen atoms in total. The molecule has 2 unspecified atom stereocenters. The average Bonchev–Trinajstić information content (AvgIpc) is 3.01. The van der Waals surface area contributed by atoms with E-state index in [1.54, 1.807) is 0 Å². The minimum atomic E-state index is 0.560. The van der Waals surface area contributed by atoms with E-state index in [0.717, 1.165) is 36.9 Å². The topological polar surface area (TPSA) is 28.2 Å². The highest BCUT2D eigenvalue weighted by molar-refractivity contribution is 5.49. The molecule has 1 aromatic heterocycles. The van der Waals surface area contributed by atoms with Gasteiger partial charge in [0.25, 0.3) is 0 Å². The molecule has 0 saturated carbocycles. The van der Waals surface area contributed by atoms with Gasteiger partial charge in [-0.05, 0) is 43.7 Å². The van der Waals surface area contributed by atoms with E-state index in [4.69, 9.17) is 0 Å². The van der Waals surface area contributed by atoms with Gasteiger partial charge < -0.3 is 10.2 Å². The van der Waals surface area contributed by atoms with Gasteiger partial charge in [-0.2, -0.15) is 0 Å². The molecule has 1 saturated heterocycles. The van der Waals surface area contributed by atoms with Crippen molar-refractivity contribution in [3.63, 3.8) is 0 Å². The van der Waals surface area contributed by atoms with Crippen LogP contribution < -0.4 is 10.2 Å². The van der Waals surface area contributed by atoms with Crippen LogP contribution in [-0.2, 0) is 0 Å². The van der Waals surface area contributed by atoms with Crippen LogP contribution >= 0.6 is 0 Å². The lowest BCUT2D eigenvalue weighted by Gasteiger charge is -2.22. The van der Waals surface area contributed by atoms with Gasteiger partial charge in [-0.15, -0.1) is 0 Å². The fourth-order valence-corrected chi connectivity index (χ4v) is 2.82. The van der Waals surface area contributed by atoms with Crippen LogP contribution in [0, 0.1) is 5.92 Å². The fourth-order valence-electron chi connectivity index (χ4n) is 2.82. The molecule has 2 heterocycles. The number of hydrogen-bond acceptors (Lipinski definition) is 3. The molecule has 1 aliphatic rings. The summed E-state index contributed by atoms with van der Waals surface area (Å²) >= 11 is 0. The Bertz CT molecular complexity index is 382. The highest BCUT2D eigenvalue weighted by Gasteiger charge is 2.14. The van der Waals surface area contributed by atoms with Crippen LogP contribution in [0.25, 0.3) is 0 Å². The minimum absolute atomic E-state index is 0.560. The number of nitrogens with zero attached hydrogens (tertiary/aromatic N) is 2. The maximum atomic E-state index is 4.61. The Morgan fingerprint density at radius 1 is 1.20 bits per heavy atom. The molecule has 2 rings (SSSR count). The maximum absolute atomic E-state index is 4.61. The van der Waals surface area contributed by atoms with Crippen molar-refractivity contribution in [2.24, 2.45) is 5.92 Å². The standard InChI is InChI=1S/C17H29N3/c1-4-14(3)12-15(5-2)19-16-8-9-17(18-13-16)20-10-6-7-11-20/h8-9,13-15,19H,4-7,10-12H2,1-3H3. The summed E-state index contributed by atoms with van der Waals surface area (Å²) in [7, 11) is 0. The van der Waals surface area contributed by atoms with Crippen molar-refractivity contribution in [3.05, 3.63) is 18.3 Å². The van der Waals surface area contributed by atoms with Gasteiger partial charge in [0.1, 0.15) is 5.82 Å². The first-order valence-electron chi connectivity index (χ1n) is 8.20. The summed E-state index contributed by atoms with van der Waals surface area (Å²) in [5.41, 5.74) is 1.16. The minimum Gasteiger partial charge on any atom is -0.381 e. The summed E-state index contributed by atoms with van der Waals surface area (Å²) in [5, 5.41) is 3.63. The molecule has 3 heteroatoms. The Morgan fingerprint density at radius 3 is 2.50 bits per heavy atom.